The molecular weight excluding hydrogens is 330 g/mol. The van der Waals surface area contributed by atoms with E-state index in [9.17, 15) is 5.11 Å². The maximum Gasteiger partial charge on any atom is 0.0951 e. The zero-order valence-electron chi connectivity index (χ0n) is 14.7. The summed E-state index contributed by atoms with van der Waals surface area (Å²) in [7, 11) is 0. The SMILES string of the molecule is OC1(c2ccccc2)CCN(Cc2ccccc2)C2CCCCC21.[Cl-]. The van der Waals surface area contributed by atoms with Crippen LogP contribution in [0.5, 0.6) is 0 Å². The highest BCUT2D eigenvalue weighted by molar-refractivity contribution is 5.26. The third kappa shape index (κ3) is 3.62. The number of halogens is 1. The van der Waals surface area contributed by atoms with Crippen LogP contribution in [0.25, 0.3) is 0 Å². The van der Waals surface area contributed by atoms with E-state index >= 15 is 0 Å². The van der Waals surface area contributed by atoms with Crippen molar-refractivity contribution in [3.8, 4) is 0 Å². The molecule has 0 radical (unpaired) electrons. The number of piperidine rings is 1. The zero-order valence-corrected chi connectivity index (χ0v) is 15.4. The Morgan fingerprint density at radius 1 is 0.920 bits per heavy atom. The van der Waals surface area contributed by atoms with Crippen LogP contribution in [0.4, 0.5) is 0 Å². The maximum absolute atomic E-state index is 11.6. The number of rotatable bonds is 3. The van der Waals surface area contributed by atoms with Gasteiger partial charge in [0.15, 0.2) is 0 Å². The molecule has 4 rings (SSSR count). The summed E-state index contributed by atoms with van der Waals surface area (Å²) in [6.45, 7) is 1.98. The summed E-state index contributed by atoms with van der Waals surface area (Å²) in [4.78, 5) is 2.62. The van der Waals surface area contributed by atoms with Gasteiger partial charge in [0.25, 0.3) is 0 Å². The second kappa shape index (κ2) is 7.90. The molecule has 2 fully saturated rings. The summed E-state index contributed by atoms with van der Waals surface area (Å²) in [5.74, 6) is 0.353. The molecule has 0 spiro atoms. The van der Waals surface area contributed by atoms with Crippen molar-refractivity contribution in [2.75, 3.05) is 6.54 Å². The molecular formula is C22H27ClNO-. The Morgan fingerprint density at radius 3 is 2.28 bits per heavy atom. The first-order valence-electron chi connectivity index (χ1n) is 9.33. The summed E-state index contributed by atoms with van der Waals surface area (Å²) in [5, 5.41) is 11.6. The molecule has 2 nitrogen and oxygen atoms in total. The van der Waals surface area contributed by atoms with Gasteiger partial charge in [-0.25, -0.2) is 0 Å². The second-order valence-electron chi connectivity index (χ2n) is 7.45. The average molecular weight is 357 g/mol. The van der Waals surface area contributed by atoms with Gasteiger partial charge in [-0.15, -0.1) is 0 Å². The van der Waals surface area contributed by atoms with Gasteiger partial charge in [-0.05, 0) is 30.4 Å². The van der Waals surface area contributed by atoms with Crippen molar-refractivity contribution in [1.82, 2.24) is 4.90 Å². The Bertz CT molecular complexity index is 662. The number of hydrogen-bond acceptors (Lipinski definition) is 2. The molecule has 2 aromatic rings. The molecule has 25 heavy (non-hydrogen) atoms. The number of likely N-dealkylation sites (tertiary alicyclic amines) is 1. The van der Waals surface area contributed by atoms with E-state index in [0.717, 1.165) is 31.5 Å². The first kappa shape index (κ1) is 18.4. The minimum absolute atomic E-state index is 0. The Morgan fingerprint density at radius 2 is 1.56 bits per heavy atom. The van der Waals surface area contributed by atoms with Gasteiger partial charge in [0.05, 0.1) is 5.60 Å². The Kier molecular flexibility index (Phi) is 5.83. The highest BCUT2D eigenvalue weighted by Gasteiger charge is 2.48. The third-order valence-electron chi connectivity index (χ3n) is 6.09. The van der Waals surface area contributed by atoms with E-state index in [4.69, 9.17) is 0 Å². The lowest BCUT2D eigenvalue weighted by atomic mass is 9.66. The van der Waals surface area contributed by atoms with Gasteiger partial charge in [-0.2, -0.15) is 0 Å². The molecule has 1 saturated heterocycles. The van der Waals surface area contributed by atoms with Gasteiger partial charge in [0, 0.05) is 25.0 Å². The van der Waals surface area contributed by atoms with Crippen molar-refractivity contribution in [1.29, 1.82) is 0 Å². The molecule has 1 heterocycles. The van der Waals surface area contributed by atoms with Crippen LogP contribution in [-0.2, 0) is 12.1 Å². The summed E-state index contributed by atoms with van der Waals surface area (Å²) in [5.41, 5.74) is 1.84. The van der Waals surface area contributed by atoms with Crippen molar-refractivity contribution in [2.45, 2.75) is 50.3 Å². The summed E-state index contributed by atoms with van der Waals surface area (Å²) >= 11 is 0. The van der Waals surface area contributed by atoms with Gasteiger partial charge >= 0.3 is 0 Å². The minimum Gasteiger partial charge on any atom is -1.00 e. The van der Waals surface area contributed by atoms with Gasteiger partial charge in [0.2, 0.25) is 0 Å². The number of aliphatic hydroxyl groups is 1. The maximum atomic E-state index is 11.6. The van der Waals surface area contributed by atoms with Crippen LogP contribution in [0.2, 0.25) is 0 Å². The van der Waals surface area contributed by atoms with E-state index < -0.39 is 5.60 Å². The largest absolute Gasteiger partial charge is 1.00 e. The van der Waals surface area contributed by atoms with Crippen LogP contribution in [0.1, 0.15) is 43.2 Å². The van der Waals surface area contributed by atoms with E-state index in [1.807, 2.05) is 6.07 Å². The fraction of sp³-hybridized carbons (Fsp3) is 0.455. The fourth-order valence-corrected chi connectivity index (χ4v) is 4.87. The van der Waals surface area contributed by atoms with E-state index in [0.29, 0.717) is 12.0 Å². The van der Waals surface area contributed by atoms with Crippen LogP contribution >= 0.6 is 0 Å². The van der Waals surface area contributed by atoms with Crippen molar-refractivity contribution >= 4 is 0 Å². The Hall–Kier alpha value is -1.35. The van der Waals surface area contributed by atoms with E-state index in [1.54, 1.807) is 0 Å². The van der Waals surface area contributed by atoms with Crippen LogP contribution < -0.4 is 12.4 Å². The molecule has 0 amide bonds. The van der Waals surface area contributed by atoms with Crippen LogP contribution in [0, 0.1) is 5.92 Å². The number of hydrogen-bond donors (Lipinski definition) is 1. The number of fused-ring (bicyclic) bond motifs is 1. The van der Waals surface area contributed by atoms with Crippen LogP contribution in [0.3, 0.4) is 0 Å². The molecule has 3 unspecified atom stereocenters. The standard InChI is InChI=1S/C22H27NO.ClH/c24-22(19-11-5-2-6-12-19)15-16-23(17-18-9-3-1-4-10-18)21-14-8-7-13-20(21)22;/h1-6,9-12,20-21,24H,7-8,13-17H2;1H/p-1. The van der Waals surface area contributed by atoms with Gasteiger partial charge in [-0.3, -0.25) is 4.90 Å². The molecule has 1 N–H and O–H groups in total. The highest BCUT2D eigenvalue weighted by Crippen LogP contribution is 2.47. The Labute approximate surface area is 157 Å². The molecule has 134 valence electrons. The van der Waals surface area contributed by atoms with Gasteiger partial charge in [0.1, 0.15) is 0 Å². The predicted molar refractivity (Wildman–Crippen MR) is 97.6 cm³/mol. The highest BCUT2D eigenvalue weighted by atomic mass is 35.5. The lowest BCUT2D eigenvalue weighted by molar-refractivity contribution is -0.123. The normalized spacial score (nSPS) is 29.5. The second-order valence-corrected chi connectivity index (χ2v) is 7.45. The molecule has 3 heteroatoms. The van der Waals surface area contributed by atoms with Crippen LogP contribution in [-0.4, -0.2) is 22.6 Å². The monoisotopic (exact) mass is 356 g/mol. The molecule has 0 aromatic heterocycles. The first-order chi connectivity index (χ1) is 11.8. The fourth-order valence-electron chi connectivity index (χ4n) is 4.87. The van der Waals surface area contributed by atoms with Crippen molar-refractivity contribution in [3.05, 3.63) is 71.8 Å². The number of benzene rings is 2. The summed E-state index contributed by atoms with van der Waals surface area (Å²) < 4.78 is 0. The summed E-state index contributed by atoms with van der Waals surface area (Å²) in [6, 6.07) is 21.6. The molecule has 1 aliphatic carbocycles. The topological polar surface area (TPSA) is 23.5 Å². The van der Waals surface area contributed by atoms with Crippen molar-refractivity contribution in [2.24, 2.45) is 5.92 Å². The third-order valence-corrected chi connectivity index (χ3v) is 6.09. The molecule has 0 bridgehead atoms. The van der Waals surface area contributed by atoms with Gasteiger partial charge < -0.3 is 17.5 Å². The lowest BCUT2D eigenvalue weighted by Gasteiger charge is -2.52. The van der Waals surface area contributed by atoms with Crippen molar-refractivity contribution < 1.29 is 17.5 Å². The van der Waals surface area contributed by atoms with E-state index in [1.165, 1.54) is 24.8 Å². The molecule has 1 saturated carbocycles. The van der Waals surface area contributed by atoms with Gasteiger partial charge in [-0.1, -0.05) is 73.5 Å². The zero-order chi connectivity index (χ0) is 16.4. The van der Waals surface area contributed by atoms with Crippen LogP contribution in [0.15, 0.2) is 60.7 Å². The smallest absolute Gasteiger partial charge is 0.0951 e. The molecule has 1 aliphatic heterocycles. The van der Waals surface area contributed by atoms with E-state index in [2.05, 4.69) is 59.5 Å². The predicted octanol–water partition coefficient (Wildman–Crippen LogP) is 1.34. The molecule has 3 atom stereocenters. The average Bonchev–Trinajstić information content (AvgIpc) is 2.66. The van der Waals surface area contributed by atoms with Crippen molar-refractivity contribution in [3.63, 3.8) is 0 Å². The quantitative estimate of drug-likeness (QED) is 0.897. The summed E-state index contributed by atoms with van der Waals surface area (Å²) in [6.07, 6.45) is 5.73. The molecule has 2 aromatic carbocycles. The number of nitrogens with zero attached hydrogens (tertiary/aromatic N) is 1. The molecule has 2 aliphatic rings. The minimum atomic E-state index is -0.653. The first-order valence-corrected chi connectivity index (χ1v) is 9.33. The van der Waals surface area contributed by atoms with E-state index in [-0.39, 0.29) is 12.4 Å². The lowest BCUT2D eigenvalue weighted by Crippen LogP contribution is -3.00. The Balaban J connectivity index is 0.00000182.